The molecule has 0 aromatic carbocycles. The fraction of sp³-hybridized carbons (Fsp3) is 0.864. The molecule has 0 radical (unpaired) electrons. The lowest BCUT2D eigenvalue weighted by Gasteiger charge is -2.32. The Labute approximate surface area is 185 Å². The summed E-state index contributed by atoms with van der Waals surface area (Å²) in [5, 5.41) is 5.07. The summed E-state index contributed by atoms with van der Waals surface area (Å²) in [6, 6.07) is 0. The van der Waals surface area contributed by atoms with Crippen LogP contribution in [0, 0.1) is 23.2 Å². The lowest BCUT2D eigenvalue weighted by molar-refractivity contribution is -0.670. The van der Waals surface area contributed by atoms with E-state index in [2.05, 4.69) is 21.6 Å². The highest BCUT2D eigenvalue weighted by molar-refractivity contribution is 5.81. The highest BCUT2D eigenvalue weighted by Crippen LogP contribution is 2.27. The number of hydrogen-bond acceptors (Lipinski definition) is 5. The van der Waals surface area contributed by atoms with Crippen molar-refractivity contribution in [2.24, 2.45) is 23.2 Å². The predicted octanol–water partition coefficient (Wildman–Crippen LogP) is 0.411. The van der Waals surface area contributed by atoms with Gasteiger partial charge in [0.15, 0.2) is 0 Å². The maximum absolute atomic E-state index is 12.8. The molecular formula is C22H41N4O5+. The van der Waals surface area contributed by atoms with Crippen LogP contribution < -0.4 is 21.6 Å². The number of carbonyl (C=O) groups excluding carboxylic acids is 3. The molecule has 1 saturated carbocycles. The van der Waals surface area contributed by atoms with E-state index in [1.54, 1.807) is 20.8 Å². The lowest BCUT2D eigenvalue weighted by Crippen LogP contribution is -2.89. The van der Waals surface area contributed by atoms with E-state index in [-0.39, 0.29) is 29.7 Å². The van der Waals surface area contributed by atoms with Gasteiger partial charge in [0.1, 0.15) is 12.0 Å². The van der Waals surface area contributed by atoms with Crippen LogP contribution >= 0.6 is 0 Å². The molecule has 0 aromatic heterocycles. The molecule has 0 bridgehead atoms. The monoisotopic (exact) mass is 441 g/mol. The first kappa shape index (κ1) is 25.5. The molecule has 0 unspecified atom stereocenters. The standard InChI is InChI=1S/C22H40N4O5/c1-14(2)12-24-19(27)16-13-23-11-10-18(16)30-25-20(28)15-8-6-7-9-17(15)31-26-21(29)22(3,4)5/h14-18,23H,6-13H2,1-5H3,(H,24,27)(H,25,28)(H,26,29)/p+1/t15-,16-,17-,18-/m1/s1. The fourth-order valence-electron chi connectivity index (χ4n) is 3.81. The first-order valence-electron chi connectivity index (χ1n) is 11.6. The van der Waals surface area contributed by atoms with Crippen molar-refractivity contribution in [1.82, 2.24) is 16.3 Å². The molecule has 1 saturated heterocycles. The van der Waals surface area contributed by atoms with Crippen LogP contribution in [0.3, 0.4) is 0 Å². The Morgan fingerprint density at radius 1 is 0.935 bits per heavy atom. The second kappa shape index (κ2) is 11.8. The quantitative estimate of drug-likeness (QED) is 0.407. The van der Waals surface area contributed by atoms with E-state index in [0.29, 0.717) is 38.3 Å². The van der Waals surface area contributed by atoms with Gasteiger partial charge >= 0.3 is 0 Å². The summed E-state index contributed by atoms with van der Waals surface area (Å²) in [6.45, 7) is 11.6. The van der Waals surface area contributed by atoms with Gasteiger partial charge in [0.05, 0.1) is 25.1 Å². The molecule has 9 nitrogen and oxygen atoms in total. The number of hydroxylamine groups is 2. The number of piperidine rings is 1. The van der Waals surface area contributed by atoms with E-state index >= 15 is 0 Å². The molecule has 31 heavy (non-hydrogen) atoms. The lowest BCUT2D eigenvalue weighted by atomic mass is 9.86. The van der Waals surface area contributed by atoms with Crippen LogP contribution in [0.4, 0.5) is 0 Å². The third kappa shape index (κ3) is 8.05. The zero-order valence-corrected chi connectivity index (χ0v) is 19.7. The van der Waals surface area contributed by atoms with E-state index in [9.17, 15) is 14.4 Å². The van der Waals surface area contributed by atoms with Crippen molar-refractivity contribution >= 4 is 17.7 Å². The van der Waals surface area contributed by atoms with E-state index in [1.165, 1.54) is 0 Å². The van der Waals surface area contributed by atoms with Gasteiger partial charge in [0.25, 0.3) is 0 Å². The molecule has 0 aromatic rings. The molecule has 1 heterocycles. The highest BCUT2D eigenvalue weighted by Gasteiger charge is 2.37. The first-order chi connectivity index (χ1) is 14.6. The number of nitrogens with two attached hydrogens (primary N) is 1. The topological polar surface area (TPSA) is 122 Å². The molecule has 2 aliphatic rings. The summed E-state index contributed by atoms with van der Waals surface area (Å²) in [6.07, 6.45) is 3.16. The summed E-state index contributed by atoms with van der Waals surface area (Å²) < 4.78 is 0. The normalized spacial score (nSPS) is 26.9. The van der Waals surface area contributed by atoms with Gasteiger partial charge in [-0.05, 0) is 18.8 Å². The zero-order valence-electron chi connectivity index (χ0n) is 19.7. The summed E-state index contributed by atoms with van der Waals surface area (Å²) in [7, 11) is 0. The molecular weight excluding hydrogens is 400 g/mol. The summed E-state index contributed by atoms with van der Waals surface area (Å²) in [5.41, 5.74) is 4.53. The van der Waals surface area contributed by atoms with Crippen molar-refractivity contribution in [2.75, 3.05) is 19.6 Å². The van der Waals surface area contributed by atoms with Crippen LogP contribution in [0.15, 0.2) is 0 Å². The molecule has 2 rings (SSSR count). The van der Waals surface area contributed by atoms with E-state index < -0.39 is 17.4 Å². The predicted molar refractivity (Wildman–Crippen MR) is 115 cm³/mol. The van der Waals surface area contributed by atoms with Gasteiger partial charge < -0.3 is 10.6 Å². The van der Waals surface area contributed by atoms with Gasteiger partial charge in [-0.2, -0.15) is 0 Å². The number of hydrogen-bond donors (Lipinski definition) is 4. The number of quaternary nitrogens is 1. The molecule has 4 atom stereocenters. The van der Waals surface area contributed by atoms with Gasteiger partial charge in [-0.3, -0.25) is 24.1 Å². The molecule has 0 spiro atoms. The zero-order chi connectivity index (χ0) is 23.0. The van der Waals surface area contributed by atoms with E-state index in [1.807, 2.05) is 13.8 Å². The van der Waals surface area contributed by atoms with Gasteiger partial charge in [0, 0.05) is 18.4 Å². The molecule has 1 aliphatic carbocycles. The van der Waals surface area contributed by atoms with Gasteiger partial charge in [0.2, 0.25) is 17.7 Å². The average molecular weight is 442 g/mol. The Kier molecular flexibility index (Phi) is 9.71. The third-order valence-corrected chi connectivity index (χ3v) is 5.88. The van der Waals surface area contributed by atoms with Gasteiger partial charge in [-0.15, -0.1) is 0 Å². The first-order valence-corrected chi connectivity index (χ1v) is 11.6. The third-order valence-electron chi connectivity index (χ3n) is 5.88. The highest BCUT2D eigenvalue weighted by atomic mass is 16.7. The maximum Gasteiger partial charge on any atom is 0.249 e. The fourth-order valence-corrected chi connectivity index (χ4v) is 3.81. The van der Waals surface area contributed by atoms with Crippen LogP contribution in [0.5, 0.6) is 0 Å². The smallest absolute Gasteiger partial charge is 0.249 e. The summed E-state index contributed by atoms with van der Waals surface area (Å²) in [5.74, 6) is -0.854. The molecule has 1 aliphatic heterocycles. The van der Waals surface area contributed by atoms with Crippen molar-refractivity contribution in [2.45, 2.75) is 78.9 Å². The van der Waals surface area contributed by atoms with Crippen molar-refractivity contribution in [3.05, 3.63) is 0 Å². The SMILES string of the molecule is CC(C)CNC(=O)[C@@H]1C[NH2+]CC[C@H]1ONC(=O)[C@@H]1CCCC[C@H]1ONC(=O)C(C)(C)C. The van der Waals surface area contributed by atoms with Crippen LogP contribution in [0.25, 0.3) is 0 Å². The minimum Gasteiger partial charge on any atom is -0.355 e. The van der Waals surface area contributed by atoms with Crippen molar-refractivity contribution < 1.29 is 29.4 Å². The summed E-state index contributed by atoms with van der Waals surface area (Å²) in [4.78, 5) is 48.9. The number of amides is 3. The number of nitrogens with one attached hydrogen (secondary N) is 3. The molecule has 178 valence electrons. The van der Waals surface area contributed by atoms with Crippen LogP contribution in [0.2, 0.25) is 0 Å². The largest absolute Gasteiger partial charge is 0.355 e. The number of rotatable bonds is 8. The Morgan fingerprint density at radius 2 is 1.58 bits per heavy atom. The van der Waals surface area contributed by atoms with E-state index in [0.717, 1.165) is 19.4 Å². The second-order valence-corrected chi connectivity index (χ2v) is 10.2. The van der Waals surface area contributed by atoms with E-state index in [4.69, 9.17) is 9.68 Å². The number of carbonyl (C=O) groups is 3. The molecule has 2 fully saturated rings. The molecule has 3 amide bonds. The van der Waals surface area contributed by atoms with Crippen LogP contribution in [-0.2, 0) is 24.1 Å². The Balaban J connectivity index is 1.89. The van der Waals surface area contributed by atoms with Crippen LogP contribution in [0.1, 0.15) is 66.7 Å². The van der Waals surface area contributed by atoms with Gasteiger partial charge in [-0.1, -0.05) is 47.5 Å². The minimum absolute atomic E-state index is 0.0346. The maximum atomic E-state index is 12.8. The Bertz CT molecular complexity index is 620. The van der Waals surface area contributed by atoms with Crippen LogP contribution in [-0.4, -0.2) is 49.6 Å². The van der Waals surface area contributed by atoms with Crippen molar-refractivity contribution in [3.63, 3.8) is 0 Å². The van der Waals surface area contributed by atoms with Crippen molar-refractivity contribution in [1.29, 1.82) is 0 Å². The minimum atomic E-state index is -0.571. The Morgan fingerprint density at radius 3 is 2.26 bits per heavy atom. The van der Waals surface area contributed by atoms with Gasteiger partial charge in [-0.25, -0.2) is 11.0 Å². The summed E-state index contributed by atoms with van der Waals surface area (Å²) >= 11 is 0. The molecule has 9 heteroatoms. The average Bonchev–Trinajstić information content (AvgIpc) is 2.73. The molecule has 5 N–H and O–H groups in total. The van der Waals surface area contributed by atoms with Crippen molar-refractivity contribution in [3.8, 4) is 0 Å². The Hall–Kier alpha value is -1.71. The second-order valence-electron chi connectivity index (χ2n) is 10.2.